The topological polar surface area (TPSA) is 98.7 Å². The van der Waals surface area contributed by atoms with Gasteiger partial charge < -0.3 is 20.6 Å². The fourth-order valence-corrected chi connectivity index (χ4v) is 3.50. The fourth-order valence-electron chi connectivity index (χ4n) is 3.50. The molecule has 0 saturated heterocycles. The van der Waals surface area contributed by atoms with E-state index < -0.39 is 12.0 Å². The molecule has 3 amide bonds. The summed E-state index contributed by atoms with van der Waals surface area (Å²) in [5, 5.41) is 15.2. The maximum absolute atomic E-state index is 12.4. The van der Waals surface area contributed by atoms with Crippen molar-refractivity contribution in [2.45, 2.75) is 63.5 Å². The number of amides is 3. The molecule has 1 saturated carbocycles. The van der Waals surface area contributed by atoms with Crippen LogP contribution in [-0.2, 0) is 16.0 Å². The molecule has 1 atom stereocenters. The Balaban J connectivity index is 1.71. The zero-order valence-corrected chi connectivity index (χ0v) is 16.5. The molecule has 1 aliphatic carbocycles. The number of carbonyl (C=O) groups is 3. The van der Waals surface area contributed by atoms with E-state index in [1.54, 1.807) is 0 Å². The lowest BCUT2D eigenvalue weighted by molar-refractivity contribution is -0.149. The Morgan fingerprint density at radius 2 is 1.82 bits per heavy atom. The Morgan fingerprint density at radius 1 is 1.14 bits per heavy atom. The largest absolute Gasteiger partial charge is 0.480 e. The Bertz CT molecular complexity index is 644. The molecule has 0 spiro atoms. The molecular weight excluding hydrogens is 358 g/mol. The van der Waals surface area contributed by atoms with Gasteiger partial charge in [-0.05, 0) is 24.8 Å². The van der Waals surface area contributed by atoms with Gasteiger partial charge in [-0.3, -0.25) is 4.79 Å². The average molecular weight is 389 g/mol. The van der Waals surface area contributed by atoms with Gasteiger partial charge in [0.2, 0.25) is 5.91 Å². The summed E-state index contributed by atoms with van der Waals surface area (Å²) in [7, 11) is 1.52. The first-order valence-electron chi connectivity index (χ1n) is 10.0. The summed E-state index contributed by atoms with van der Waals surface area (Å²) < 4.78 is 0. The second kappa shape index (κ2) is 11.3. The minimum absolute atomic E-state index is 0.193. The van der Waals surface area contributed by atoms with Crippen molar-refractivity contribution < 1.29 is 19.5 Å². The van der Waals surface area contributed by atoms with E-state index >= 15 is 0 Å². The molecule has 1 aromatic carbocycles. The Morgan fingerprint density at radius 3 is 2.46 bits per heavy atom. The Kier molecular flexibility index (Phi) is 8.78. The van der Waals surface area contributed by atoms with Crippen LogP contribution in [0.1, 0.15) is 50.5 Å². The molecule has 0 heterocycles. The van der Waals surface area contributed by atoms with Crippen LogP contribution in [0.25, 0.3) is 0 Å². The molecular formula is C21H31N3O4. The zero-order chi connectivity index (χ0) is 20.4. The summed E-state index contributed by atoms with van der Waals surface area (Å²) >= 11 is 0. The second-order valence-electron chi connectivity index (χ2n) is 7.39. The molecule has 28 heavy (non-hydrogen) atoms. The van der Waals surface area contributed by atoms with E-state index in [0.29, 0.717) is 13.0 Å². The number of aliphatic carboxylic acids is 1. The van der Waals surface area contributed by atoms with Crippen LogP contribution >= 0.6 is 0 Å². The highest BCUT2D eigenvalue weighted by atomic mass is 16.4. The number of nitrogens with one attached hydrogen (secondary N) is 2. The van der Waals surface area contributed by atoms with Gasteiger partial charge in [0.05, 0.1) is 0 Å². The van der Waals surface area contributed by atoms with Crippen molar-refractivity contribution >= 4 is 17.9 Å². The van der Waals surface area contributed by atoms with Gasteiger partial charge in [0.25, 0.3) is 0 Å². The highest BCUT2D eigenvalue weighted by Crippen LogP contribution is 2.17. The van der Waals surface area contributed by atoms with Gasteiger partial charge in [-0.25, -0.2) is 9.59 Å². The number of carboxylic acids is 1. The van der Waals surface area contributed by atoms with Crippen molar-refractivity contribution in [3.8, 4) is 0 Å². The van der Waals surface area contributed by atoms with E-state index in [9.17, 15) is 19.5 Å². The molecule has 0 aliphatic heterocycles. The Labute approximate surface area is 166 Å². The monoisotopic (exact) mass is 389 g/mol. The number of carboxylic acid groups (broad SMARTS) is 1. The molecule has 154 valence electrons. The SMILES string of the molecule is CN(C(=O)CCCNC(=O)NC1CCCCC1)C(Cc1ccccc1)C(=O)O. The smallest absolute Gasteiger partial charge is 0.326 e. The maximum atomic E-state index is 12.4. The standard InChI is InChI=1S/C21H31N3O4/c1-24(18(20(26)27)15-16-9-4-2-5-10-16)19(25)13-8-14-22-21(28)23-17-11-6-3-7-12-17/h2,4-5,9-10,17-18H,3,6-8,11-15H2,1H3,(H,26,27)(H2,22,23,28). The summed E-state index contributed by atoms with van der Waals surface area (Å²) in [4.78, 5) is 37.2. The molecule has 1 fully saturated rings. The lowest BCUT2D eigenvalue weighted by atomic mass is 9.96. The number of nitrogens with zero attached hydrogens (tertiary/aromatic N) is 1. The van der Waals surface area contributed by atoms with E-state index in [2.05, 4.69) is 10.6 Å². The van der Waals surface area contributed by atoms with Crippen molar-refractivity contribution in [3.63, 3.8) is 0 Å². The summed E-state index contributed by atoms with van der Waals surface area (Å²) in [5.41, 5.74) is 0.871. The van der Waals surface area contributed by atoms with Crippen LogP contribution in [0.3, 0.4) is 0 Å². The quantitative estimate of drug-likeness (QED) is 0.565. The normalized spacial score (nSPS) is 15.5. The zero-order valence-electron chi connectivity index (χ0n) is 16.5. The minimum Gasteiger partial charge on any atom is -0.480 e. The van der Waals surface area contributed by atoms with Gasteiger partial charge in [-0.1, -0.05) is 49.6 Å². The third kappa shape index (κ3) is 7.21. The van der Waals surface area contributed by atoms with Crippen molar-refractivity contribution in [2.75, 3.05) is 13.6 Å². The highest BCUT2D eigenvalue weighted by Gasteiger charge is 2.26. The van der Waals surface area contributed by atoms with Crippen LogP contribution in [0.4, 0.5) is 4.79 Å². The summed E-state index contributed by atoms with van der Waals surface area (Å²) in [6.45, 7) is 0.383. The van der Waals surface area contributed by atoms with Crippen molar-refractivity contribution in [2.24, 2.45) is 0 Å². The molecule has 1 aliphatic rings. The minimum atomic E-state index is -1.02. The predicted octanol–water partition coefficient (Wildman–Crippen LogP) is 2.55. The van der Waals surface area contributed by atoms with Crippen molar-refractivity contribution in [1.82, 2.24) is 15.5 Å². The van der Waals surface area contributed by atoms with Crippen molar-refractivity contribution in [3.05, 3.63) is 35.9 Å². The number of hydrogen-bond acceptors (Lipinski definition) is 3. The van der Waals surface area contributed by atoms with Gasteiger partial charge in [-0.2, -0.15) is 0 Å². The van der Waals surface area contributed by atoms with Crippen LogP contribution < -0.4 is 10.6 Å². The average Bonchev–Trinajstić information content (AvgIpc) is 2.70. The third-order valence-corrected chi connectivity index (χ3v) is 5.21. The molecule has 3 N–H and O–H groups in total. The molecule has 0 radical (unpaired) electrons. The van der Waals surface area contributed by atoms with Crippen LogP contribution in [-0.4, -0.2) is 53.6 Å². The number of rotatable bonds is 9. The molecule has 0 bridgehead atoms. The Hall–Kier alpha value is -2.57. The van der Waals surface area contributed by atoms with Gasteiger partial charge >= 0.3 is 12.0 Å². The fraction of sp³-hybridized carbons (Fsp3) is 0.571. The van der Waals surface area contributed by atoms with E-state index in [-0.39, 0.29) is 30.8 Å². The first kappa shape index (κ1) is 21.7. The second-order valence-corrected chi connectivity index (χ2v) is 7.39. The molecule has 7 nitrogen and oxygen atoms in total. The van der Waals surface area contributed by atoms with Gasteiger partial charge in [0, 0.05) is 32.5 Å². The van der Waals surface area contributed by atoms with E-state index in [1.807, 2.05) is 30.3 Å². The number of benzene rings is 1. The first-order valence-corrected chi connectivity index (χ1v) is 10.0. The van der Waals surface area contributed by atoms with Gasteiger partial charge in [-0.15, -0.1) is 0 Å². The highest BCUT2D eigenvalue weighted by molar-refractivity contribution is 5.83. The lowest BCUT2D eigenvalue weighted by Gasteiger charge is -2.25. The van der Waals surface area contributed by atoms with E-state index in [0.717, 1.165) is 31.2 Å². The molecule has 1 aromatic rings. The lowest BCUT2D eigenvalue weighted by Crippen LogP contribution is -2.44. The van der Waals surface area contributed by atoms with Crippen LogP contribution in [0, 0.1) is 0 Å². The number of hydrogen-bond donors (Lipinski definition) is 3. The van der Waals surface area contributed by atoms with Crippen LogP contribution in [0.5, 0.6) is 0 Å². The number of urea groups is 1. The molecule has 0 aromatic heterocycles. The van der Waals surface area contributed by atoms with Crippen LogP contribution in [0.15, 0.2) is 30.3 Å². The van der Waals surface area contributed by atoms with E-state index in [1.165, 1.54) is 18.4 Å². The van der Waals surface area contributed by atoms with Gasteiger partial charge in [0.15, 0.2) is 0 Å². The maximum Gasteiger partial charge on any atom is 0.326 e. The number of carbonyl (C=O) groups excluding carboxylic acids is 2. The van der Waals surface area contributed by atoms with Crippen molar-refractivity contribution in [1.29, 1.82) is 0 Å². The summed E-state index contributed by atoms with van der Waals surface area (Å²) in [6.07, 6.45) is 6.51. The predicted molar refractivity (Wildman–Crippen MR) is 107 cm³/mol. The summed E-state index contributed by atoms with van der Waals surface area (Å²) in [5.74, 6) is -1.26. The molecule has 7 heteroatoms. The molecule has 1 unspecified atom stereocenters. The third-order valence-electron chi connectivity index (χ3n) is 5.21. The first-order chi connectivity index (χ1) is 13.5. The van der Waals surface area contributed by atoms with E-state index in [4.69, 9.17) is 0 Å². The van der Waals surface area contributed by atoms with Crippen LogP contribution in [0.2, 0.25) is 0 Å². The summed E-state index contributed by atoms with van der Waals surface area (Å²) in [6, 6.07) is 8.41. The van der Waals surface area contributed by atoms with Gasteiger partial charge in [0.1, 0.15) is 6.04 Å². The molecule has 2 rings (SSSR count). The number of likely N-dealkylation sites (N-methyl/N-ethyl adjacent to an activating group) is 1.